The standard InChI is InChI=1S/C11H16N2O2/c1-3-15-11(14)10-6-9-5-4-8(2)7-13(9)12-10/h6,8H,3-5,7H2,1-2H3. The molecule has 1 aliphatic rings. The highest BCUT2D eigenvalue weighted by molar-refractivity contribution is 5.87. The highest BCUT2D eigenvalue weighted by Gasteiger charge is 2.20. The summed E-state index contributed by atoms with van der Waals surface area (Å²) >= 11 is 0. The Labute approximate surface area is 89.2 Å². The Morgan fingerprint density at radius 1 is 1.73 bits per heavy atom. The number of hydrogen-bond acceptors (Lipinski definition) is 3. The van der Waals surface area contributed by atoms with Crippen molar-refractivity contribution in [2.45, 2.75) is 33.2 Å². The molecule has 0 aromatic carbocycles. The summed E-state index contributed by atoms with van der Waals surface area (Å²) in [5.74, 6) is 0.333. The van der Waals surface area contributed by atoms with Crippen LogP contribution in [0.4, 0.5) is 0 Å². The van der Waals surface area contributed by atoms with Crippen LogP contribution in [0.15, 0.2) is 6.07 Å². The quantitative estimate of drug-likeness (QED) is 0.694. The van der Waals surface area contributed by atoms with Crippen LogP contribution in [-0.2, 0) is 17.7 Å². The molecule has 0 radical (unpaired) electrons. The zero-order valence-electron chi connectivity index (χ0n) is 9.19. The van der Waals surface area contributed by atoms with Crippen molar-refractivity contribution in [1.82, 2.24) is 9.78 Å². The summed E-state index contributed by atoms with van der Waals surface area (Å²) in [5, 5.41) is 4.26. The smallest absolute Gasteiger partial charge is 0.358 e. The van der Waals surface area contributed by atoms with Crippen molar-refractivity contribution in [2.24, 2.45) is 5.92 Å². The minimum absolute atomic E-state index is 0.313. The fraction of sp³-hybridized carbons (Fsp3) is 0.636. The third-order valence-corrected chi connectivity index (χ3v) is 2.73. The predicted octanol–water partition coefficient (Wildman–Crippen LogP) is 1.64. The molecule has 82 valence electrons. The van der Waals surface area contributed by atoms with Gasteiger partial charge in [-0.15, -0.1) is 0 Å². The number of fused-ring (bicyclic) bond motifs is 1. The molecule has 0 amide bonds. The Hall–Kier alpha value is -1.32. The second kappa shape index (κ2) is 4.04. The monoisotopic (exact) mass is 208 g/mol. The maximum atomic E-state index is 11.4. The molecule has 1 unspecified atom stereocenters. The predicted molar refractivity (Wildman–Crippen MR) is 55.7 cm³/mol. The SMILES string of the molecule is CCOC(=O)c1cc2n(n1)CC(C)CC2. The molecule has 0 bridgehead atoms. The molecule has 0 N–H and O–H groups in total. The fourth-order valence-electron chi connectivity index (χ4n) is 1.90. The molecule has 0 spiro atoms. The van der Waals surface area contributed by atoms with Crippen molar-refractivity contribution in [3.05, 3.63) is 17.5 Å². The van der Waals surface area contributed by atoms with Gasteiger partial charge in [0.2, 0.25) is 0 Å². The Balaban J connectivity index is 2.19. The number of hydrogen-bond donors (Lipinski definition) is 0. The topological polar surface area (TPSA) is 44.1 Å². The number of rotatable bonds is 2. The number of carbonyl (C=O) groups excluding carboxylic acids is 1. The first-order valence-corrected chi connectivity index (χ1v) is 5.44. The lowest BCUT2D eigenvalue weighted by molar-refractivity contribution is 0.0518. The van der Waals surface area contributed by atoms with Gasteiger partial charge in [0.05, 0.1) is 6.61 Å². The van der Waals surface area contributed by atoms with E-state index < -0.39 is 0 Å². The lowest BCUT2D eigenvalue weighted by Gasteiger charge is -2.19. The summed E-state index contributed by atoms with van der Waals surface area (Å²) in [5.41, 5.74) is 1.59. The van der Waals surface area contributed by atoms with Gasteiger partial charge in [0.15, 0.2) is 5.69 Å². The van der Waals surface area contributed by atoms with E-state index in [1.807, 2.05) is 10.7 Å². The lowest BCUT2D eigenvalue weighted by atomic mass is 10.0. The molecule has 0 fully saturated rings. The van der Waals surface area contributed by atoms with Crippen LogP contribution in [0, 0.1) is 5.92 Å². The Morgan fingerprint density at radius 2 is 2.53 bits per heavy atom. The molecule has 0 aliphatic carbocycles. The van der Waals surface area contributed by atoms with E-state index in [1.54, 1.807) is 6.92 Å². The van der Waals surface area contributed by atoms with Crippen LogP contribution in [-0.4, -0.2) is 22.4 Å². The zero-order valence-corrected chi connectivity index (χ0v) is 9.19. The second-order valence-electron chi connectivity index (χ2n) is 4.07. The third kappa shape index (κ3) is 2.03. The van der Waals surface area contributed by atoms with Crippen molar-refractivity contribution in [2.75, 3.05) is 6.61 Å². The Bertz CT molecular complexity index is 371. The van der Waals surface area contributed by atoms with Gasteiger partial charge in [0.1, 0.15) is 0 Å². The molecule has 1 aromatic rings. The van der Waals surface area contributed by atoms with E-state index in [0.29, 0.717) is 18.2 Å². The van der Waals surface area contributed by atoms with E-state index in [2.05, 4.69) is 12.0 Å². The molecule has 2 rings (SSSR count). The molecular weight excluding hydrogens is 192 g/mol. The molecule has 1 atom stereocenters. The minimum atomic E-state index is -0.313. The lowest BCUT2D eigenvalue weighted by Crippen LogP contribution is -2.18. The van der Waals surface area contributed by atoms with Gasteiger partial charge in [-0.05, 0) is 31.7 Å². The van der Waals surface area contributed by atoms with Gasteiger partial charge in [-0.2, -0.15) is 5.10 Å². The van der Waals surface area contributed by atoms with E-state index in [-0.39, 0.29) is 5.97 Å². The zero-order chi connectivity index (χ0) is 10.8. The van der Waals surface area contributed by atoms with Crippen molar-refractivity contribution < 1.29 is 9.53 Å². The van der Waals surface area contributed by atoms with Gasteiger partial charge in [0.25, 0.3) is 0 Å². The molecule has 1 aliphatic heterocycles. The number of esters is 1. The molecule has 15 heavy (non-hydrogen) atoms. The van der Waals surface area contributed by atoms with E-state index in [4.69, 9.17) is 4.74 Å². The maximum absolute atomic E-state index is 11.4. The summed E-state index contributed by atoms with van der Waals surface area (Å²) in [6.07, 6.45) is 2.18. The molecule has 4 heteroatoms. The first kappa shape index (κ1) is 10.2. The second-order valence-corrected chi connectivity index (χ2v) is 4.07. The van der Waals surface area contributed by atoms with Crippen molar-refractivity contribution in [3.63, 3.8) is 0 Å². The number of aromatic nitrogens is 2. The summed E-state index contributed by atoms with van der Waals surface area (Å²) in [4.78, 5) is 11.4. The highest BCUT2D eigenvalue weighted by atomic mass is 16.5. The minimum Gasteiger partial charge on any atom is -0.461 e. The van der Waals surface area contributed by atoms with Crippen LogP contribution in [0.3, 0.4) is 0 Å². The first-order chi connectivity index (χ1) is 7.20. The first-order valence-electron chi connectivity index (χ1n) is 5.44. The molecular formula is C11H16N2O2. The summed E-state index contributed by atoms with van der Waals surface area (Å²) < 4.78 is 6.85. The molecule has 2 heterocycles. The van der Waals surface area contributed by atoms with Gasteiger partial charge in [-0.25, -0.2) is 4.79 Å². The van der Waals surface area contributed by atoms with Crippen molar-refractivity contribution in [3.8, 4) is 0 Å². The van der Waals surface area contributed by atoms with Crippen LogP contribution in [0.2, 0.25) is 0 Å². The normalized spacial score (nSPS) is 19.7. The van der Waals surface area contributed by atoms with Crippen molar-refractivity contribution in [1.29, 1.82) is 0 Å². The van der Waals surface area contributed by atoms with E-state index in [1.165, 1.54) is 6.42 Å². The van der Waals surface area contributed by atoms with Crippen LogP contribution in [0.25, 0.3) is 0 Å². The van der Waals surface area contributed by atoms with Gasteiger partial charge in [0, 0.05) is 12.2 Å². The Kier molecular flexibility index (Phi) is 2.75. The highest BCUT2D eigenvalue weighted by Crippen LogP contribution is 2.20. The fourth-order valence-corrected chi connectivity index (χ4v) is 1.90. The number of aryl methyl sites for hydroxylation is 1. The summed E-state index contributed by atoms with van der Waals surface area (Å²) in [7, 11) is 0. The molecule has 1 aromatic heterocycles. The summed E-state index contributed by atoms with van der Waals surface area (Å²) in [6, 6.07) is 1.85. The Morgan fingerprint density at radius 3 is 3.27 bits per heavy atom. The molecule has 0 saturated carbocycles. The average Bonchev–Trinajstić information content (AvgIpc) is 2.60. The van der Waals surface area contributed by atoms with Crippen LogP contribution in [0.5, 0.6) is 0 Å². The average molecular weight is 208 g/mol. The van der Waals surface area contributed by atoms with Crippen LogP contribution < -0.4 is 0 Å². The van der Waals surface area contributed by atoms with E-state index in [0.717, 1.165) is 18.7 Å². The largest absolute Gasteiger partial charge is 0.461 e. The van der Waals surface area contributed by atoms with Crippen molar-refractivity contribution >= 4 is 5.97 Å². The molecule has 0 saturated heterocycles. The number of ether oxygens (including phenoxy) is 1. The van der Waals surface area contributed by atoms with Crippen LogP contribution >= 0.6 is 0 Å². The number of carbonyl (C=O) groups is 1. The summed E-state index contributed by atoms with van der Waals surface area (Å²) in [6.45, 7) is 5.32. The molecule has 4 nitrogen and oxygen atoms in total. The van der Waals surface area contributed by atoms with Gasteiger partial charge >= 0.3 is 5.97 Å². The number of nitrogens with zero attached hydrogens (tertiary/aromatic N) is 2. The van der Waals surface area contributed by atoms with Gasteiger partial charge < -0.3 is 4.74 Å². The van der Waals surface area contributed by atoms with Crippen LogP contribution in [0.1, 0.15) is 36.5 Å². The third-order valence-electron chi connectivity index (χ3n) is 2.73. The van der Waals surface area contributed by atoms with Gasteiger partial charge in [-0.1, -0.05) is 6.92 Å². The van der Waals surface area contributed by atoms with E-state index >= 15 is 0 Å². The van der Waals surface area contributed by atoms with E-state index in [9.17, 15) is 4.79 Å². The maximum Gasteiger partial charge on any atom is 0.358 e. The van der Waals surface area contributed by atoms with Gasteiger partial charge in [-0.3, -0.25) is 4.68 Å².